The Kier molecular flexibility index (Phi) is 6.84. The van der Waals surface area contributed by atoms with Crippen molar-refractivity contribution in [1.82, 2.24) is 10.6 Å². The molecule has 0 atom stereocenters. The lowest BCUT2D eigenvalue weighted by Gasteiger charge is -2.24. The van der Waals surface area contributed by atoms with Crippen molar-refractivity contribution in [3.05, 3.63) is 64.7 Å². The van der Waals surface area contributed by atoms with E-state index in [0.717, 1.165) is 16.9 Å². The SMILES string of the molecule is CN=C(NCc1ccc(C#N)cc1)NCc1ccc(C)cc1OC(C)(C)C. The Hall–Kier alpha value is -3.00. The Morgan fingerprint density at radius 2 is 1.74 bits per heavy atom. The van der Waals surface area contributed by atoms with Gasteiger partial charge < -0.3 is 15.4 Å². The predicted octanol–water partition coefficient (Wildman–Crippen LogP) is 3.91. The van der Waals surface area contributed by atoms with Crippen molar-refractivity contribution < 1.29 is 4.74 Å². The van der Waals surface area contributed by atoms with Crippen molar-refractivity contribution in [2.75, 3.05) is 7.05 Å². The number of nitrogens with zero attached hydrogens (tertiary/aromatic N) is 2. The number of rotatable bonds is 5. The highest BCUT2D eigenvalue weighted by atomic mass is 16.5. The number of nitriles is 1. The first-order chi connectivity index (χ1) is 12.8. The van der Waals surface area contributed by atoms with Crippen LogP contribution in [0.15, 0.2) is 47.5 Å². The van der Waals surface area contributed by atoms with Gasteiger partial charge in [-0.3, -0.25) is 4.99 Å². The van der Waals surface area contributed by atoms with Crippen LogP contribution in [0.1, 0.15) is 43.0 Å². The zero-order chi connectivity index (χ0) is 19.9. The maximum absolute atomic E-state index is 8.87. The smallest absolute Gasteiger partial charge is 0.191 e. The lowest BCUT2D eigenvalue weighted by Crippen LogP contribution is -2.36. The molecule has 0 amide bonds. The Labute approximate surface area is 162 Å². The quantitative estimate of drug-likeness (QED) is 0.623. The molecular formula is C22H28N4O. The number of benzene rings is 2. The lowest BCUT2D eigenvalue weighted by atomic mass is 10.1. The monoisotopic (exact) mass is 364 g/mol. The van der Waals surface area contributed by atoms with E-state index >= 15 is 0 Å². The number of aryl methyl sites for hydroxylation is 1. The number of ether oxygens (including phenoxy) is 1. The predicted molar refractivity (Wildman–Crippen MR) is 110 cm³/mol. The molecule has 0 radical (unpaired) electrons. The first kappa shape index (κ1) is 20.3. The summed E-state index contributed by atoms with van der Waals surface area (Å²) >= 11 is 0. The first-order valence-electron chi connectivity index (χ1n) is 9.03. The van der Waals surface area contributed by atoms with E-state index in [9.17, 15) is 0 Å². The molecule has 0 saturated carbocycles. The third-order valence-electron chi connectivity index (χ3n) is 3.85. The third kappa shape index (κ3) is 6.67. The van der Waals surface area contributed by atoms with Gasteiger partial charge in [-0.2, -0.15) is 5.26 Å². The molecule has 5 nitrogen and oxygen atoms in total. The van der Waals surface area contributed by atoms with E-state index in [2.05, 4.69) is 46.8 Å². The average molecular weight is 364 g/mol. The molecule has 0 aromatic heterocycles. The van der Waals surface area contributed by atoms with Gasteiger partial charge in [0.2, 0.25) is 0 Å². The Bertz CT molecular complexity index is 827. The van der Waals surface area contributed by atoms with Crippen LogP contribution in [0.4, 0.5) is 0 Å². The van der Waals surface area contributed by atoms with E-state index in [-0.39, 0.29) is 5.60 Å². The molecular weight excluding hydrogens is 336 g/mol. The molecule has 0 aliphatic carbocycles. The number of nitrogens with one attached hydrogen (secondary N) is 2. The summed E-state index contributed by atoms with van der Waals surface area (Å²) in [4.78, 5) is 4.27. The van der Waals surface area contributed by atoms with Gasteiger partial charge in [0.05, 0.1) is 11.6 Å². The highest BCUT2D eigenvalue weighted by molar-refractivity contribution is 5.79. The summed E-state index contributed by atoms with van der Waals surface area (Å²) in [5, 5.41) is 15.5. The van der Waals surface area contributed by atoms with Crippen LogP contribution in [0, 0.1) is 18.3 Å². The summed E-state index contributed by atoms with van der Waals surface area (Å²) in [5.41, 5.74) is 3.74. The van der Waals surface area contributed by atoms with E-state index in [4.69, 9.17) is 10.00 Å². The van der Waals surface area contributed by atoms with E-state index < -0.39 is 0 Å². The normalized spacial score (nSPS) is 11.6. The second kappa shape index (κ2) is 9.09. The van der Waals surface area contributed by atoms with Gasteiger partial charge in [0.25, 0.3) is 0 Å². The van der Waals surface area contributed by atoms with Crippen LogP contribution in [0.2, 0.25) is 0 Å². The Morgan fingerprint density at radius 1 is 1.07 bits per heavy atom. The lowest BCUT2D eigenvalue weighted by molar-refractivity contribution is 0.129. The van der Waals surface area contributed by atoms with E-state index in [1.54, 1.807) is 7.05 Å². The molecule has 0 saturated heterocycles. The van der Waals surface area contributed by atoms with Crippen LogP contribution in [0.5, 0.6) is 5.75 Å². The molecule has 2 rings (SSSR count). The van der Waals surface area contributed by atoms with Crippen molar-refractivity contribution in [3.8, 4) is 11.8 Å². The van der Waals surface area contributed by atoms with Crippen molar-refractivity contribution in [2.45, 2.75) is 46.4 Å². The summed E-state index contributed by atoms with van der Waals surface area (Å²) in [6.07, 6.45) is 0. The van der Waals surface area contributed by atoms with Gasteiger partial charge in [0, 0.05) is 25.7 Å². The molecule has 0 aliphatic rings. The van der Waals surface area contributed by atoms with E-state index in [1.807, 2.05) is 45.0 Å². The summed E-state index contributed by atoms with van der Waals surface area (Å²) in [7, 11) is 1.75. The van der Waals surface area contributed by atoms with Crippen LogP contribution in [0.25, 0.3) is 0 Å². The van der Waals surface area contributed by atoms with Gasteiger partial charge in [0.15, 0.2) is 5.96 Å². The fourth-order valence-corrected chi connectivity index (χ4v) is 2.52. The largest absolute Gasteiger partial charge is 0.488 e. The van der Waals surface area contributed by atoms with E-state index in [0.29, 0.717) is 24.6 Å². The molecule has 0 bridgehead atoms. The highest BCUT2D eigenvalue weighted by Crippen LogP contribution is 2.24. The van der Waals surface area contributed by atoms with Crippen LogP contribution in [-0.2, 0) is 13.1 Å². The minimum atomic E-state index is -0.252. The van der Waals surface area contributed by atoms with Crippen molar-refractivity contribution in [3.63, 3.8) is 0 Å². The first-order valence-corrected chi connectivity index (χ1v) is 9.03. The summed E-state index contributed by atoms with van der Waals surface area (Å²) < 4.78 is 6.10. The van der Waals surface area contributed by atoms with Gasteiger partial charge >= 0.3 is 0 Å². The van der Waals surface area contributed by atoms with Gasteiger partial charge in [-0.05, 0) is 57.0 Å². The van der Waals surface area contributed by atoms with Crippen LogP contribution < -0.4 is 15.4 Å². The number of aliphatic imine (C=N–C) groups is 1. The van der Waals surface area contributed by atoms with Crippen molar-refractivity contribution in [1.29, 1.82) is 5.26 Å². The van der Waals surface area contributed by atoms with Crippen LogP contribution >= 0.6 is 0 Å². The Balaban J connectivity index is 1.98. The molecule has 0 unspecified atom stereocenters. The summed E-state index contributed by atoms with van der Waals surface area (Å²) in [5.74, 6) is 1.60. The minimum absolute atomic E-state index is 0.252. The maximum atomic E-state index is 8.87. The molecule has 27 heavy (non-hydrogen) atoms. The number of hydrogen-bond donors (Lipinski definition) is 2. The van der Waals surface area contributed by atoms with Gasteiger partial charge in [0.1, 0.15) is 11.4 Å². The highest BCUT2D eigenvalue weighted by Gasteiger charge is 2.15. The summed E-state index contributed by atoms with van der Waals surface area (Å²) in [6.45, 7) is 9.44. The molecule has 142 valence electrons. The molecule has 0 spiro atoms. The fraction of sp³-hybridized carbons (Fsp3) is 0.364. The maximum Gasteiger partial charge on any atom is 0.191 e. The van der Waals surface area contributed by atoms with Crippen molar-refractivity contribution in [2.24, 2.45) is 4.99 Å². The van der Waals surface area contributed by atoms with Crippen LogP contribution in [-0.4, -0.2) is 18.6 Å². The molecule has 0 fully saturated rings. The van der Waals surface area contributed by atoms with Gasteiger partial charge in [-0.25, -0.2) is 0 Å². The van der Waals surface area contributed by atoms with Crippen molar-refractivity contribution >= 4 is 5.96 Å². The Morgan fingerprint density at radius 3 is 2.33 bits per heavy atom. The third-order valence-corrected chi connectivity index (χ3v) is 3.85. The second-order valence-corrected chi connectivity index (χ2v) is 7.41. The molecule has 5 heteroatoms. The molecule has 0 aliphatic heterocycles. The summed E-state index contributed by atoms with van der Waals surface area (Å²) in [6, 6.07) is 15.9. The zero-order valence-electron chi connectivity index (χ0n) is 16.8. The van der Waals surface area contributed by atoms with Crippen LogP contribution in [0.3, 0.4) is 0 Å². The van der Waals surface area contributed by atoms with Gasteiger partial charge in [-0.15, -0.1) is 0 Å². The van der Waals surface area contributed by atoms with Gasteiger partial charge in [-0.1, -0.05) is 24.3 Å². The standard InChI is InChI=1S/C22H28N4O/c1-16-6-11-19(20(12-16)27-22(2,3)4)15-26-21(24-5)25-14-18-9-7-17(13-23)8-10-18/h6-12H,14-15H2,1-5H3,(H2,24,25,26). The molecule has 2 N–H and O–H groups in total. The zero-order valence-corrected chi connectivity index (χ0v) is 16.8. The average Bonchev–Trinajstić information content (AvgIpc) is 2.62. The fourth-order valence-electron chi connectivity index (χ4n) is 2.52. The molecule has 2 aromatic rings. The topological polar surface area (TPSA) is 69.4 Å². The molecule has 2 aromatic carbocycles. The number of guanidine groups is 1. The number of hydrogen-bond acceptors (Lipinski definition) is 3. The van der Waals surface area contributed by atoms with E-state index in [1.165, 1.54) is 5.56 Å². The molecule has 0 heterocycles. The second-order valence-electron chi connectivity index (χ2n) is 7.41. The minimum Gasteiger partial charge on any atom is -0.488 e.